The molecule has 7 heteroatoms. The summed E-state index contributed by atoms with van der Waals surface area (Å²) in [5, 5.41) is 8.66. The maximum absolute atomic E-state index is 13.0. The lowest BCUT2D eigenvalue weighted by Gasteiger charge is -2.32. The molecule has 6 nitrogen and oxygen atoms in total. The number of benzene rings is 1. The van der Waals surface area contributed by atoms with Gasteiger partial charge in [0.2, 0.25) is 0 Å². The molecule has 0 saturated carbocycles. The highest BCUT2D eigenvalue weighted by Crippen LogP contribution is 2.30. The normalized spacial score (nSPS) is 16.3. The summed E-state index contributed by atoms with van der Waals surface area (Å²) >= 11 is 5.91. The Labute approximate surface area is 162 Å². The van der Waals surface area contributed by atoms with Gasteiger partial charge in [-0.05, 0) is 49.2 Å². The van der Waals surface area contributed by atoms with Crippen LogP contribution in [0.1, 0.15) is 45.8 Å². The third-order valence-electron chi connectivity index (χ3n) is 4.95. The fourth-order valence-corrected chi connectivity index (χ4v) is 3.66. The largest absolute Gasteiger partial charge is 0.330 e. The van der Waals surface area contributed by atoms with Crippen molar-refractivity contribution in [1.82, 2.24) is 24.9 Å². The molecule has 0 fully saturated rings. The molecular weight excluding hydrogens is 362 g/mol. The Hall–Kier alpha value is -2.73. The highest BCUT2D eigenvalue weighted by atomic mass is 35.5. The highest BCUT2D eigenvalue weighted by molar-refractivity contribution is 6.17. The van der Waals surface area contributed by atoms with Crippen molar-refractivity contribution in [2.75, 3.05) is 6.54 Å². The zero-order valence-corrected chi connectivity index (χ0v) is 16.0. The molecule has 1 amide bonds. The van der Waals surface area contributed by atoms with Gasteiger partial charge in [-0.25, -0.2) is 4.98 Å². The number of pyridine rings is 1. The molecule has 0 aliphatic carbocycles. The second-order valence-electron chi connectivity index (χ2n) is 6.78. The van der Waals surface area contributed by atoms with Crippen LogP contribution < -0.4 is 0 Å². The van der Waals surface area contributed by atoms with Gasteiger partial charge in [-0.15, -0.1) is 16.7 Å². The van der Waals surface area contributed by atoms with Gasteiger partial charge in [0, 0.05) is 30.6 Å². The fourth-order valence-electron chi connectivity index (χ4n) is 3.49. The summed E-state index contributed by atoms with van der Waals surface area (Å²) in [4.78, 5) is 19.3. The Balaban J connectivity index is 1.64. The molecule has 0 N–H and O–H groups in total. The standard InChI is InChI=1S/C20H20ClN5O/c1-13-6-8-22-18(10-13)26-17-7-9-25(14(2)19(17)23-24-26)20(27)16-5-3-4-15(11-16)12-21/h3-6,8,10-11,14H,7,9,12H2,1-2H3. The molecule has 3 heterocycles. The van der Waals surface area contributed by atoms with Crippen LogP contribution in [0.2, 0.25) is 0 Å². The van der Waals surface area contributed by atoms with Gasteiger partial charge in [0.05, 0.1) is 11.7 Å². The van der Waals surface area contributed by atoms with E-state index in [4.69, 9.17) is 11.6 Å². The average Bonchev–Trinajstić information content (AvgIpc) is 3.13. The van der Waals surface area contributed by atoms with E-state index in [1.54, 1.807) is 10.9 Å². The predicted octanol–water partition coefficient (Wildman–Crippen LogP) is 3.47. The SMILES string of the molecule is Cc1ccnc(-n2nnc3c2CCN(C(=O)c2cccc(CCl)c2)C3C)c1. The number of alkyl halides is 1. The van der Waals surface area contributed by atoms with Gasteiger partial charge in [0.15, 0.2) is 5.82 Å². The van der Waals surface area contributed by atoms with E-state index in [2.05, 4.69) is 15.3 Å². The first-order valence-electron chi connectivity index (χ1n) is 8.92. The molecule has 0 radical (unpaired) electrons. The van der Waals surface area contributed by atoms with Crippen LogP contribution in [0.25, 0.3) is 5.82 Å². The number of carbonyl (C=O) groups excluding carboxylic acids is 1. The number of amides is 1. The van der Waals surface area contributed by atoms with Crippen LogP contribution in [-0.4, -0.2) is 37.3 Å². The minimum absolute atomic E-state index is 0.0108. The number of halogens is 1. The second-order valence-corrected chi connectivity index (χ2v) is 7.05. The zero-order chi connectivity index (χ0) is 19.0. The van der Waals surface area contributed by atoms with Crippen molar-refractivity contribution in [2.24, 2.45) is 0 Å². The molecule has 1 aliphatic heterocycles. The van der Waals surface area contributed by atoms with Gasteiger partial charge in [-0.3, -0.25) is 4.79 Å². The lowest BCUT2D eigenvalue weighted by atomic mass is 10.0. The number of aryl methyl sites for hydroxylation is 1. The van der Waals surface area contributed by atoms with Crippen molar-refractivity contribution in [1.29, 1.82) is 0 Å². The van der Waals surface area contributed by atoms with Crippen LogP contribution in [-0.2, 0) is 12.3 Å². The number of fused-ring (bicyclic) bond motifs is 1. The molecule has 138 valence electrons. The number of hydrogen-bond donors (Lipinski definition) is 0. The highest BCUT2D eigenvalue weighted by Gasteiger charge is 2.33. The minimum Gasteiger partial charge on any atom is -0.330 e. The predicted molar refractivity (Wildman–Crippen MR) is 103 cm³/mol. The van der Waals surface area contributed by atoms with Crippen LogP contribution >= 0.6 is 11.6 Å². The second kappa shape index (κ2) is 7.12. The Morgan fingerprint density at radius 3 is 2.93 bits per heavy atom. The summed E-state index contributed by atoms with van der Waals surface area (Å²) in [6.07, 6.45) is 2.45. The van der Waals surface area contributed by atoms with Crippen LogP contribution in [0.15, 0.2) is 42.6 Å². The molecule has 2 aromatic heterocycles. The number of nitrogens with zero attached hydrogens (tertiary/aromatic N) is 5. The van der Waals surface area contributed by atoms with Gasteiger partial charge >= 0.3 is 0 Å². The van der Waals surface area contributed by atoms with Gasteiger partial charge in [0.25, 0.3) is 5.91 Å². The smallest absolute Gasteiger partial charge is 0.254 e. The maximum atomic E-state index is 13.0. The number of hydrogen-bond acceptors (Lipinski definition) is 4. The molecule has 0 bridgehead atoms. The van der Waals surface area contributed by atoms with Crippen LogP contribution in [0, 0.1) is 6.92 Å². The van der Waals surface area contributed by atoms with Crippen LogP contribution in [0.3, 0.4) is 0 Å². The quantitative estimate of drug-likeness (QED) is 0.651. The zero-order valence-electron chi connectivity index (χ0n) is 15.3. The van der Waals surface area contributed by atoms with E-state index in [0.717, 1.165) is 28.3 Å². The van der Waals surface area contributed by atoms with Crippen LogP contribution in [0.5, 0.6) is 0 Å². The summed E-state index contributed by atoms with van der Waals surface area (Å²) in [6, 6.07) is 11.2. The number of rotatable bonds is 3. The average molecular weight is 382 g/mol. The van der Waals surface area contributed by atoms with Crippen molar-refractivity contribution in [3.05, 3.63) is 70.7 Å². The van der Waals surface area contributed by atoms with Gasteiger partial charge in [0.1, 0.15) is 5.69 Å². The van der Waals surface area contributed by atoms with E-state index in [9.17, 15) is 4.79 Å². The van der Waals surface area contributed by atoms with E-state index in [1.807, 2.05) is 55.1 Å². The molecule has 0 saturated heterocycles. The molecule has 0 spiro atoms. The van der Waals surface area contributed by atoms with E-state index in [-0.39, 0.29) is 11.9 Å². The molecule has 1 unspecified atom stereocenters. The van der Waals surface area contributed by atoms with Crippen molar-refractivity contribution in [3.8, 4) is 5.82 Å². The summed E-state index contributed by atoms with van der Waals surface area (Å²) in [5.74, 6) is 1.13. The van der Waals surface area contributed by atoms with Crippen LogP contribution in [0.4, 0.5) is 0 Å². The Bertz CT molecular complexity index is 1000. The first-order chi connectivity index (χ1) is 13.1. The van der Waals surface area contributed by atoms with Crippen molar-refractivity contribution in [3.63, 3.8) is 0 Å². The van der Waals surface area contributed by atoms with E-state index < -0.39 is 0 Å². The van der Waals surface area contributed by atoms with Gasteiger partial charge in [-0.1, -0.05) is 17.3 Å². The molecule has 27 heavy (non-hydrogen) atoms. The topological polar surface area (TPSA) is 63.9 Å². The first-order valence-corrected chi connectivity index (χ1v) is 9.45. The van der Waals surface area contributed by atoms with Crippen molar-refractivity contribution >= 4 is 17.5 Å². The molecule has 4 rings (SSSR count). The molecule has 1 aromatic carbocycles. The summed E-state index contributed by atoms with van der Waals surface area (Å²) in [6.45, 7) is 4.62. The van der Waals surface area contributed by atoms with Crippen molar-refractivity contribution < 1.29 is 4.79 Å². The van der Waals surface area contributed by atoms with E-state index in [1.165, 1.54) is 0 Å². The third-order valence-corrected chi connectivity index (χ3v) is 5.26. The lowest BCUT2D eigenvalue weighted by Crippen LogP contribution is -2.39. The van der Waals surface area contributed by atoms with Gasteiger partial charge < -0.3 is 4.90 Å². The molecule has 3 aromatic rings. The van der Waals surface area contributed by atoms with E-state index >= 15 is 0 Å². The maximum Gasteiger partial charge on any atom is 0.254 e. The Kier molecular flexibility index (Phi) is 4.66. The molecular formula is C20H20ClN5O. The summed E-state index contributed by atoms with van der Waals surface area (Å²) in [7, 11) is 0. The summed E-state index contributed by atoms with van der Waals surface area (Å²) in [5.41, 5.74) is 4.54. The molecule has 1 aliphatic rings. The lowest BCUT2D eigenvalue weighted by molar-refractivity contribution is 0.0672. The minimum atomic E-state index is -0.153. The third kappa shape index (κ3) is 3.21. The number of carbonyl (C=O) groups is 1. The van der Waals surface area contributed by atoms with Crippen molar-refractivity contribution in [2.45, 2.75) is 32.2 Å². The first kappa shape index (κ1) is 17.7. The van der Waals surface area contributed by atoms with Gasteiger partial charge in [-0.2, -0.15) is 4.68 Å². The monoisotopic (exact) mass is 381 g/mol. The summed E-state index contributed by atoms with van der Waals surface area (Å²) < 4.78 is 1.79. The fraction of sp³-hybridized carbons (Fsp3) is 0.300. The van der Waals surface area contributed by atoms with E-state index in [0.29, 0.717) is 24.4 Å². The Morgan fingerprint density at radius 2 is 2.15 bits per heavy atom. The molecule has 1 atom stereocenters. The Morgan fingerprint density at radius 1 is 1.30 bits per heavy atom. The number of aromatic nitrogens is 4.